The monoisotopic (exact) mass is 278 g/mol. The highest BCUT2D eigenvalue weighted by Gasteiger charge is 2.17. The summed E-state index contributed by atoms with van der Waals surface area (Å²) in [6.45, 7) is 8.67. The first-order chi connectivity index (χ1) is 9.51. The molecule has 0 aliphatic rings. The standard InChI is InChI=1S/C18H30O2/c1-5-7-9-13(3)15-11-16(14(4)10-8-6-2)18(20)12-17(15)19/h11-14,19-20H,5-10H2,1-4H3. The van der Waals surface area contributed by atoms with Crippen molar-refractivity contribution in [1.82, 2.24) is 0 Å². The van der Waals surface area contributed by atoms with Crippen molar-refractivity contribution in [3.8, 4) is 11.5 Å². The Morgan fingerprint density at radius 2 is 1.20 bits per heavy atom. The summed E-state index contributed by atoms with van der Waals surface area (Å²) in [6.07, 6.45) is 6.84. The van der Waals surface area contributed by atoms with Crippen molar-refractivity contribution in [3.05, 3.63) is 23.3 Å². The number of phenolic OH excluding ortho intramolecular Hbond substituents is 2. The van der Waals surface area contributed by atoms with Crippen molar-refractivity contribution in [1.29, 1.82) is 0 Å². The van der Waals surface area contributed by atoms with E-state index in [-0.39, 0.29) is 11.5 Å². The fourth-order valence-corrected chi connectivity index (χ4v) is 2.73. The first-order valence-corrected chi connectivity index (χ1v) is 8.06. The highest BCUT2D eigenvalue weighted by molar-refractivity contribution is 5.47. The van der Waals surface area contributed by atoms with Crippen molar-refractivity contribution in [2.24, 2.45) is 0 Å². The molecule has 0 spiro atoms. The smallest absolute Gasteiger partial charge is 0.122 e. The molecule has 1 aromatic rings. The van der Waals surface area contributed by atoms with Crippen LogP contribution < -0.4 is 0 Å². The third-order valence-corrected chi connectivity index (χ3v) is 4.22. The van der Waals surface area contributed by atoms with Gasteiger partial charge in [-0.25, -0.2) is 0 Å². The maximum absolute atomic E-state index is 10.1. The number of benzene rings is 1. The van der Waals surface area contributed by atoms with Crippen molar-refractivity contribution in [3.63, 3.8) is 0 Å². The van der Waals surface area contributed by atoms with E-state index in [0.717, 1.165) is 24.0 Å². The van der Waals surface area contributed by atoms with Crippen LogP contribution in [0.2, 0.25) is 0 Å². The third kappa shape index (κ3) is 4.43. The molecule has 0 aliphatic heterocycles. The Kier molecular flexibility index (Phi) is 6.90. The van der Waals surface area contributed by atoms with Gasteiger partial charge in [0.2, 0.25) is 0 Å². The Morgan fingerprint density at radius 3 is 1.55 bits per heavy atom. The second kappa shape index (κ2) is 8.18. The summed E-state index contributed by atoms with van der Waals surface area (Å²) in [5.41, 5.74) is 1.96. The topological polar surface area (TPSA) is 40.5 Å². The summed E-state index contributed by atoms with van der Waals surface area (Å²) in [4.78, 5) is 0. The summed E-state index contributed by atoms with van der Waals surface area (Å²) in [7, 11) is 0. The Balaban J connectivity index is 2.96. The summed E-state index contributed by atoms with van der Waals surface area (Å²) in [5, 5.41) is 20.2. The summed E-state index contributed by atoms with van der Waals surface area (Å²) >= 11 is 0. The van der Waals surface area contributed by atoms with E-state index < -0.39 is 0 Å². The normalized spacial score (nSPS) is 14.2. The number of phenols is 2. The number of hydrogen-bond donors (Lipinski definition) is 2. The van der Waals surface area contributed by atoms with Gasteiger partial charge in [-0.05, 0) is 41.9 Å². The van der Waals surface area contributed by atoms with Crippen molar-refractivity contribution in [2.75, 3.05) is 0 Å². The molecule has 0 fully saturated rings. The van der Waals surface area contributed by atoms with Gasteiger partial charge in [-0.3, -0.25) is 0 Å². The van der Waals surface area contributed by atoms with Gasteiger partial charge in [0, 0.05) is 6.07 Å². The molecule has 2 nitrogen and oxygen atoms in total. The summed E-state index contributed by atoms with van der Waals surface area (Å²) in [5.74, 6) is 1.15. The number of hydrogen-bond acceptors (Lipinski definition) is 2. The number of unbranched alkanes of at least 4 members (excludes halogenated alkanes) is 2. The van der Waals surface area contributed by atoms with E-state index in [2.05, 4.69) is 27.7 Å². The lowest BCUT2D eigenvalue weighted by Gasteiger charge is -2.19. The van der Waals surface area contributed by atoms with E-state index >= 15 is 0 Å². The van der Waals surface area contributed by atoms with Crippen LogP contribution in [0.25, 0.3) is 0 Å². The molecule has 0 bridgehead atoms. The van der Waals surface area contributed by atoms with Gasteiger partial charge < -0.3 is 10.2 Å². The molecule has 1 rings (SSSR count). The number of aromatic hydroxyl groups is 2. The van der Waals surface area contributed by atoms with Crippen LogP contribution in [0.1, 0.15) is 89.2 Å². The molecule has 0 aliphatic carbocycles. The van der Waals surface area contributed by atoms with Crippen molar-refractivity contribution >= 4 is 0 Å². The molecule has 2 N–H and O–H groups in total. The van der Waals surface area contributed by atoms with Gasteiger partial charge in [0.1, 0.15) is 11.5 Å². The zero-order valence-corrected chi connectivity index (χ0v) is 13.4. The lowest BCUT2D eigenvalue weighted by Crippen LogP contribution is -2.00. The molecule has 2 unspecified atom stereocenters. The van der Waals surface area contributed by atoms with Gasteiger partial charge in [0.15, 0.2) is 0 Å². The van der Waals surface area contributed by atoms with Crippen LogP contribution in [0.3, 0.4) is 0 Å². The quantitative estimate of drug-likeness (QED) is 0.641. The SMILES string of the molecule is CCCCC(C)c1cc(C(C)CCCC)c(O)cc1O. The minimum absolute atomic E-state index is 0.234. The van der Waals surface area contributed by atoms with E-state index in [1.54, 1.807) is 0 Å². The zero-order valence-electron chi connectivity index (χ0n) is 13.4. The second-order valence-electron chi connectivity index (χ2n) is 6.06. The highest BCUT2D eigenvalue weighted by atomic mass is 16.3. The van der Waals surface area contributed by atoms with E-state index in [1.807, 2.05) is 6.07 Å². The predicted octanol–water partition coefficient (Wildman–Crippen LogP) is 5.69. The maximum atomic E-state index is 10.1. The van der Waals surface area contributed by atoms with Crippen LogP contribution in [-0.2, 0) is 0 Å². The fraction of sp³-hybridized carbons (Fsp3) is 0.667. The largest absolute Gasteiger partial charge is 0.508 e. The molecule has 2 heteroatoms. The molecule has 0 saturated heterocycles. The second-order valence-corrected chi connectivity index (χ2v) is 6.06. The highest BCUT2D eigenvalue weighted by Crippen LogP contribution is 2.38. The molecule has 0 aromatic heterocycles. The molecule has 1 aromatic carbocycles. The molecule has 0 heterocycles. The van der Waals surface area contributed by atoms with Gasteiger partial charge in [0.05, 0.1) is 0 Å². The summed E-state index contributed by atoms with van der Waals surface area (Å²) < 4.78 is 0. The van der Waals surface area contributed by atoms with Gasteiger partial charge >= 0.3 is 0 Å². The van der Waals surface area contributed by atoms with Crippen molar-refractivity contribution in [2.45, 2.75) is 78.1 Å². The van der Waals surface area contributed by atoms with Crippen molar-refractivity contribution < 1.29 is 10.2 Å². The minimum Gasteiger partial charge on any atom is -0.508 e. The van der Waals surface area contributed by atoms with Crippen LogP contribution in [0, 0.1) is 0 Å². The lowest BCUT2D eigenvalue weighted by molar-refractivity contribution is 0.431. The minimum atomic E-state index is 0.234. The van der Waals surface area contributed by atoms with Crippen LogP contribution >= 0.6 is 0 Å². The Morgan fingerprint density at radius 1 is 0.800 bits per heavy atom. The molecular formula is C18H30O2. The van der Waals surface area contributed by atoms with E-state index in [9.17, 15) is 10.2 Å². The first-order valence-electron chi connectivity index (χ1n) is 8.06. The Hall–Kier alpha value is -1.18. The molecule has 0 saturated carbocycles. The van der Waals surface area contributed by atoms with E-state index in [4.69, 9.17) is 0 Å². The molecular weight excluding hydrogens is 248 g/mol. The first kappa shape index (κ1) is 16.9. The fourth-order valence-electron chi connectivity index (χ4n) is 2.73. The van der Waals surface area contributed by atoms with Gasteiger partial charge in [-0.15, -0.1) is 0 Å². The average Bonchev–Trinajstić information content (AvgIpc) is 2.42. The number of rotatable bonds is 8. The summed E-state index contributed by atoms with van der Waals surface area (Å²) in [6, 6.07) is 3.54. The van der Waals surface area contributed by atoms with E-state index in [1.165, 1.54) is 31.7 Å². The zero-order chi connectivity index (χ0) is 15.1. The molecule has 0 radical (unpaired) electrons. The van der Waals surface area contributed by atoms with Crippen LogP contribution in [-0.4, -0.2) is 10.2 Å². The molecule has 20 heavy (non-hydrogen) atoms. The average molecular weight is 278 g/mol. The lowest BCUT2D eigenvalue weighted by atomic mass is 9.88. The Bertz CT molecular complexity index is 377. The molecule has 2 atom stereocenters. The van der Waals surface area contributed by atoms with E-state index in [0.29, 0.717) is 11.8 Å². The van der Waals surface area contributed by atoms with Gasteiger partial charge in [-0.2, -0.15) is 0 Å². The third-order valence-electron chi connectivity index (χ3n) is 4.22. The van der Waals surface area contributed by atoms with Crippen LogP contribution in [0.15, 0.2) is 12.1 Å². The Labute approximate surface area is 123 Å². The van der Waals surface area contributed by atoms with Gasteiger partial charge in [0.25, 0.3) is 0 Å². The molecule has 0 amide bonds. The predicted molar refractivity (Wildman–Crippen MR) is 85.7 cm³/mol. The van der Waals surface area contributed by atoms with Crippen LogP contribution in [0.4, 0.5) is 0 Å². The van der Waals surface area contributed by atoms with Crippen LogP contribution in [0.5, 0.6) is 11.5 Å². The van der Waals surface area contributed by atoms with Gasteiger partial charge in [-0.1, -0.05) is 53.4 Å². The molecule has 114 valence electrons. The maximum Gasteiger partial charge on any atom is 0.122 e.